The van der Waals surface area contributed by atoms with Gasteiger partial charge in [0, 0.05) is 12.1 Å². The molecule has 2 N–H and O–H groups in total. The van der Waals surface area contributed by atoms with Crippen LogP contribution in [0.3, 0.4) is 0 Å². The zero-order valence-corrected chi connectivity index (χ0v) is 19.3. The Balaban J connectivity index is 1.62. The second kappa shape index (κ2) is 9.82. The molecule has 1 fully saturated rings. The highest BCUT2D eigenvalue weighted by Crippen LogP contribution is 2.41. The van der Waals surface area contributed by atoms with Crippen LogP contribution in [0, 0.1) is 5.92 Å². The first-order valence-corrected chi connectivity index (χ1v) is 10.9. The second-order valence-corrected chi connectivity index (χ2v) is 8.20. The molecule has 34 heavy (non-hydrogen) atoms. The number of rotatable bonds is 9. The first kappa shape index (κ1) is 23.7. The Bertz CT molecular complexity index is 1280. The summed E-state index contributed by atoms with van der Waals surface area (Å²) in [6.07, 6.45) is 0.849. The molecule has 4 rings (SSSR count). The van der Waals surface area contributed by atoms with Crippen LogP contribution < -0.4 is 19.6 Å². The summed E-state index contributed by atoms with van der Waals surface area (Å²) in [5.41, 5.74) is -0.0184. The van der Waals surface area contributed by atoms with E-state index in [2.05, 4.69) is 0 Å². The van der Waals surface area contributed by atoms with E-state index in [1.54, 1.807) is 12.1 Å². The highest BCUT2D eigenvalue weighted by atomic mass is 35.5. The standard InChI is InChI=1S/C24H23ClO9/c1-30-20-9-14(19-10-17(27)22-16(26)4-3-15(25)23(22)34-19)18(11-21(20)31-2)33-6-5-32-13-7-12(8-13)24(28)29/h3-4,9-13,26H,5-8H2,1-2H3,(H,28,29). The molecule has 9 nitrogen and oxygen atoms in total. The summed E-state index contributed by atoms with van der Waals surface area (Å²) in [7, 11) is 2.96. The Kier molecular flexibility index (Phi) is 6.85. The number of benzene rings is 2. The number of carboxylic acids is 1. The molecule has 0 radical (unpaired) electrons. The average Bonchev–Trinajstić information content (AvgIpc) is 2.78. The van der Waals surface area contributed by atoms with Gasteiger partial charge in [-0.1, -0.05) is 11.6 Å². The van der Waals surface area contributed by atoms with Crippen LogP contribution in [0.4, 0.5) is 0 Å². The van der Waals surface area contributed by atoms with Crippen molar-refractivity contribution in [1.82, 2.24) is 0 Å². The normalized spacial score (nSPS) is 17.3. The number of hydrogen-bond donors (Lipinski definition) is 2. The molecule has 10 heteroatoms. The third-order valence-corrected chi connectivity index (χ3v) is 6.00. The monoisotopic (exact) mass is 490 g/mol. The minimum Gasteiger partial charge on any atom is -0.507 e. The molecule has 0 saturated heterocycles. The van der Waals surface area contributed by atoms with Crippen molar-refractivity contribution in [2.45, 2.75) is 18.9 Å². The molecule has 1 heterocycles. The van der Waals surface area contributed by atoms with Gasteiger partial charge in [-0.3, -0.25) is 9.59 Å². The largest absolute Gasteiger partial charge is 0.507 e. The fraction of sp³-hybridized carbons (Fsp3) is 0.333. The maximum Gasteiger partial charge on any atom is 0.306 e. The van der Waals surface area contributed by atoms with E-state index in [9.17, 15) is 14.7 Å². The van der Waals surface area contributed by atoms with Crippen molar-refractivity contribution in [3.63, 3.8) is 0 Å². The maximum atomic E-state index is 12.7. The molecular formula is C24H23ClO9. The Hall–Kier alpha value is -3.43. The van der Waals surface area contributed by atoms with Gasteiger partial charge < -0.3 is 33.6 Å². The molecule has 0 unspecified atom stereocenters. The van der Waals surface area contributed by atoms with Gasteiger partial charge in [-0.15, -0.1) is 0 Å². The molecular weight excluding hydrogens is 468 g/mol. The zero-order valence-electron chi connectivity index (χ0n) is 18.5. The molecule has 0 amide bonds. The lowest BCUT2D eigenvalue weighted by Gasteiger charge is -2.32. The number of aliphatic carboxylic acids is 1. The Morgan fingerprint density at radius 1 is 1.09 bits per heavy atom. The number of fused-ring (bicyclic) bond motifs is 1. The number of carboxylic acid groups (broad SMARTS) is 1. The smallest absolute Gasteiger partial charge is 0.306 e. The van der Waals surface area contributed by atoms with Crippen LogP contribution in [0.1, 0.15) is 12.8 Å². The number of phenolic OH excluding ortho intramolecular Hbond substituents is 1. The molecule has 1 saturated carbocycles. The molecule has 3 aromatic rings. The molecule has 0 spiro atoms. The topological polar surface area (TPSA) is 125 Å². The van der Waals surface area contributed by atoms with Gasteiger partial charge in [-0.25, -0.2) is 0 Å². The average molecular weight is 491 g/mol. The van der Waals surface area contributed by atoms with Crippen molar-refractivity contribution < 1.29 is 38.4 Å². The summed E-state index contributed by atoms with van der Waals surface area (Å²) in [6, 6.07) is 7.21. The van der Waals surface area contributed by atoms with Crippen molar-refractivity contribution in [2.24, 2.45) is 5.92 Å². The van der Waals surface area contributed by atoms with Crippen LogP contribution in [-0.4, -0.2) is 49.7 Å². The first-order valence-electron chi connectivity index (χ1n) is 10.5. The Morgan fingerprint density at radius 3 is 2.47 bits per heavy atom. The van der Waals surface area contributed by atoms with Crippen molar-refractivity contribution in [1.29, 1.82) is 0 Å². The summed E-state index contributed by atoms with van der Waals surface area (Å²) in [5.74, 6) is -0.102. The van der Waals surface area contributed by atoms with Crippen LogP contribution >= 0.6 is 11.6 Å². The van der Waals surface area contributed by atoms with Gasteiger partial charge in [-0.05, 0) is 31.0 Å². The van der Waals surface area contributed by atoms with E-state index in [4.69, 9.17) is 40.1 Å². The van der Waals surface area contributed by atoms with Crippen LogP contribution in [0.2, 0.25) is 5.02 Å². The predicted molar refractivity (Wildman–Crippen MR) is 123 cm³/mol. The highest BCUT2D eigenvalue weighted by Gasteiger charge is 2.35. The molecule has 2 aromatic carbocycles. The van der Waals surface area contributed by atoms with E-state index < -0.39 is 11.4 Å². The minimum atomic E-state index is -0.809. The van der Waals surface area contributed by atoms with Crippen LogP contribution in [-0.2, 0) is 9.53 Å². The van der Waals surface area contributed by atoms with Crippen molar-refractivity contribution >= 4 is 28.5 Å². The number of phenols is 1. The van der Waals surface area contributed by atoms with Crippen LogP contribution in [0.15, 0.2) is 39.5 Å². The van der Waals surface area contributed by atoms with Gasteiger partial charge in [0.2, 0.25) is 0 Å². The molecule has 180 valence electrons. The first-order chi connectivity index (χ1) is 16.3. The molecule has 0 atom stereocenters. The predicted octanol–water partition coefficient (Wildman–Crippen LogP) is 4.09. The molecule has 1 aromatic heterocycles. The maximum absolute atomic E-state index is 12.7. The lowest BCUT2D eigenvalue weighted by atomic mass is 9.82. The Labute approximate surface area is 199 Å². The fourth-order valence-corrected chi connectivity index (χ4v) is 3.99. The fourth-order valence-electron chi connectivity index (χ4n) is 3.79. The van der Waals surface area contributed by atoms with Gasteiger partial charge in [0.15, 0.2) is 22.5 Å². The second-order valence-electron chi connectivity index (χ2n) is 7.80. The van der Waals surface area contributed by atoms with E-state index in [-0.39, 0.29) is 52.7 Å². The lowest BCUT2D eigenvalue weighted by Crippen LogP contribution is -2.37. The van der Waals surface area contributed by atoms with Crippen molar-refractivity contribution in [3.05, 3.63) is 45.6 Å². The molecule has 0 bridgehead atoms. The van der Waals surface area contributed by atoms with Gasteiger partial charge in [-0.2, -0.15) is 0 Å². The summed E-state index contributed by atoms with van der Waals surface area (Å²) in [5, 5.41) is 19.2. The summed E-state index contributed by atoms with van der Waals surface area (Å²) in [4.78, 5) is 23.7. The summed E-state index contributed by atoms with van der Waals surface area (Å²) >= 11 is 6.21. The van der Waals surface area contributed by atoms with Gasteiger partial charge in [0.25, 0.3) is 0 Å². The SMILES string of the molecule is COc1cc(OCCOC2CC(C(=O)O)C2)c(-c2cc(=O)c3c(O)ccc(Cl)c3o2)cc1OC. The number of methoxy groups -OCH3 is 2. The van der Waals surface area contributed by atoms with Crippen LogP contribution in [0.5, 0.6) is 23.0 Å². The Morgan fingerprint density at radius 2 is 1.79 bits per heavy atom. The summed E-state index contributed by atoms with van der Waals surface area (Å²) < 4.78 is 28.2. The number of aromatic hydroxyl groups is 1. The van der Waals surface area contributed by atoms with Crippen LogP contribution in [0.25, 0.3) is 22.3 Å². The van der Waals surface area contributed by atoms with Gasteiger partial charge in [0.05, 0.1) is 43.4 Å². The molecule has 1 aliphatic rings. The summed E-state index contributed by atoms with van der Waals surface area (Å²) in [6.45, 7) is 0.405. The zero-order chi connectivity index (χ0) is 24.4. The quantitative estimate of drug-likeness (QED) is 0.426. The molecule has 0 aliphatic heterocycles. The van der Waals surface area contributed by atoms with Gasteiger partial charge in [0.1, 0.15) is 29.3 Å². The lowest BCUT2D eigenvalue weighted by molar-refractivity contribution is -0.151. The number of ether oxygens (including phenoxy) is 4. The van der Waals surface area contributed by atoms with E-state index in [1.165, 1.54) is 32.4 Å². The number of halogens is 1. The van der Waals surface area contributed by atoms with E-state index in [1.807, 2.05) is 0 Å². The van der Waals surface area contributed by atoms with E-state index in [0.717, 1.165) is 0 Å². The van der Waals surface area contributed by atoms with Crippen molar-refractivity contribution in [3.8, 4) is 34.3 Å². The molecule has 1 aliphatic carbocycles. The third kappa shape index (κ3) is 4.62. The third-order valence-electron chi connectivity index (χ3n) is 5.70. The van der Waals surface area contributed by atoms with Gasteiger partial charge >= 0.3 is 5.97 Å². The number of hydrogen-bond acceptors (Lipinski definition) is 8. The number of carbonyl (C=O) groups is 1. The van der Waals surface area contributed by atoms with Crippen molar-refractivity contribution in [2.75, 3.05) is 27.4 Å². The minimum absolute atomic E-state index is 0.0206. The van der Waals surface area contributed by atoms with E-state index in [0.29, 0.717) is 35.7 Å². The van der Waals surface area contributed by atoms with E-state index >= 15 is 0 Å². The highest BCUT2D eigenvalue weighted by molar-refractivity contribution is 6.35.